The van der Waals surface area contributed by atoms with Crippen LogP contribution >= 0.6 is 23.4 Å². The fourth-order valence-corrected chi connectivity index (χ4v) is 4.14. The van der Waals surface area contributed by atoms with Gasteiger partial charge < -0.3 is 10.1 Å². The van der Waals surface area contributed by atoms with Gasteiger partial charge in [0.25, 0.3) is 5.91 Å². The molecular formula is C20H21ClFNO2S. The molecule has 0 radical (unpaired) electrons. The number of hydrogen-bond acceptors (Lipinski definition) is 3. The lowest BCUT2D eigenvalue weighted by Gasteiger charge is -2.21. The number of hydrogen-bond donors (Lipinski definition) is 1. The zero-order valence-corrected chi connectivity index (χ0v) is 15.9. The molecule has 0 spiro atoms. The van der Waals surface area contributed by atoms with Crippen molar-refractivity contribution in [3.05, 3.63) is 58.9 Å². The quantitative estimate of drug-likeness (QED) is 0.645. The molecule has 0 saturated carbocycles. The van der Waals surface area contributed by atoms with Crippen LogP contribution in [0.3, 0.4) is 0 Å². The van der Waals surface area contributed by atoms with E-state index in [2.05, 4.69) is 5.32 Å². The topological polar surface area (TPSA) is 38.3 Å². The Morgan fingerprint density at radius 3 is 2.81 bits per heavy atom. The van der Waals surface area contributed by atoms with E-state index in [1.807, 2.05) is 18.2 Å². The van der Waals surface area contributed by atoms with Crippen LogP contribution in [0.4, 0.5) is 10.1 Å². The van der Waals surface area contributed by atoms with E-state index in [0.717, 1.165) is 42.6 Å². The van der Waals surface area contributed by atoms with Crippen molar-refractivity contribution in [3.8, 4) is 0 Å². The van der Waals surface area contributed by atoms with Crippen molar-refractivity contribution in [3.63, 3.8) is 0 Å². The second-order valence-electron chi connectivity index (χ2n) is 6.30. The van der Waals surface area contributed by atoms with Crippen molar-refractivity contribution in [1.82, 2.24) is 0 Å². The zero-order chi connectivity index (χ0) is 18.4. The maximum atomic E-state index is 13.2. The van der Waals surface area contributed by atoms with Gasteiger partial charge in [0.15, 0.2) is 0 Å². The van der Waals surface area contributed by atoms with E-state index in [4.69, 9.17) is 16.3 Å². The van der Waals surface area contributed by atoms with Gasteiger partial charge in [0.05, 0.1) is 5.02 Å². The Morgan fingerprint density at radius 2 is 2.04 bits per heavy atom. The molecule has 3 nitrogen and oxygen atoms in total. The molecule has 1 aliphatic rings. The first-order valence-electron chi connectivity index (χ1n) is 8.69. The molecule has 0 unspecified atom stereocenters. The second-order valence-corrected chi connectivity index (χ2v) is 7.88. The molecule has 1 N–H and O–H groups in total. The van der Waals surface area contributed by atoms with Crippen molar-refractivity contribution in [2.24, 2.45) is 5.92 Å². The van der Waals surface area contributed by atoms with Crippen LogP contribution in [0, 0.1) is 11.7 Å². The van der Waals surface area contributed by atoms with Gasteiger partial charge >= 0.3 is 0 Å². The lowest BCUT2D eigenvalue weighted by Crippen LogP contribution is -2.16. The van der Waals surface area contributed by atoms with E-state index < -0.39 is 5.82 Å². The zero-order valence-electron chi connectivity index (χ0n) is 14.3. The first-order chi connectivity index (χ1) is 12.6. The Hall–Kier alpha value is -1.56. The van der Waals surface area contributed by atoms with Crippen LogP contribution in [0.2, 0.25) is 5.02 Å². The molecule has 1 aliphatic heterocycles. The van der Waals surface area contributed by atoms with Gasteiger partial charge in [-0.15, -0.1) is 11.8 Å². The Labute approximate surface area is 162 Å². The standard InChI is InChI=1S/C20H21ClFNO2S/c21-18-13-16(4-5-19(18)22)23-20(24)15-2-1-3-17(12-15)26-11-8-14-6-9-25-10-7-14/h1-5,12-14H,6-11H2,(H,23,24). The summed E-state index contributed by atoms with van der Waals surface area (Å²) in [4.78, 5) is 13.5. The Morgan fingerprint density at radius 1 is 1.23 bits per heavy atom. The van der Waals surface area contributed by atoms with Gasteiger partial charge in [-0.25, -0.2) is 4.39 Å². The normalized spacial score (nSPS) is 15.0. The van der Waals surface area contributed by atoms with Gasteiger partial charge in [0.1, 0.15) is 5.82 Å². The van der Waals surface area contributed by atoms with Crippen molar-refractivity contribution in [1.29, 1.82) is 0 Å². The van der Waals surface area contributed by atoms with Gasteiger partial charge in [-0.2, -0.15) is 0 Å². The number of ether oxygens (including phenoxy) is 1. The molecule has 3 rings (SSSR count). The highest BCUT2D eigenvalue weighted by atomic mass is 35.5. The van der Waals surface area contributed by atoms with Crippen LogP contribution in [-0.4, -0.2) is 24.9 Å². The maximum absolute atomic E-state index is 13.2. The largest absolute Gasteiger partial charge is 0.381 e. The van der Waals surface area contributed by atoms with Crippen molar-refractivity contribution in [2.45, 2.75) is 24.2 Å². The van der Waals surface area contributed by atoms with E-state index >= 15 is 0 Å². The average Bonchev–Trinajstić information content (AvgIpc) is 2.66. The number of anilines is 1. The molecule has 1 fully saturated rings. The van der Waals surface area contributed by atoms with Gasteiger partial charge in [0, 0.05) is 29.4 Å². The van der Waals surface area contributed by atoms with E-state index in [-0.39, 0.29) is 10.9 Å². The molecule has 1 saturated heterocycles. The molecule has 26 heavy (non-hydrogen) atoms. The molecule has 0 bridgehead atoms. The summed E-state index contributed by atoms with van der Waals surface area (Å²) in [5, 5.41) is 2.73. The van der Waals surface area contributed by atoms with Crippen molar-refractivity contribution in [2.75, 3.05) is 24.3 Å². The second kappa shape index (κ2) is 9.40. The van der Waals surface area contributed by atoms with Crippen LogP contribution in [0.1, 0.15) is 29.6 Å². The Bertz CT molecular complexity index is 765. The smallest absolute Gasteiger partial charge is 0.255 e. The molecule has 0 aromatic heterocycles. The summed E-state index contributed by atoms with van der Waals surface area (Å²) in [5.41, 5.74) is 1.04. The maximum Gasteiger partial charge on any atom is 0.255 e. The Kier molecular flexibility index (Phi) is 6.94. The number of carbonyl (C=O) groups excluding carboxylic acids is 1. The number of benzene rings is 2. The molecule has 0 atom stereocenters. The van der Waals surface area contributed by atoms with Crippen molar-refractivity contribution >= 4 is 35.0 Å². The van der Waals surface area contributed by atoms with Crippen LogP contribution in [0.25, 0.3) is 0 Å². The van der Waals surface area contributed by atoms with Gasteiger partial charge in [-0.1, -0.05) is 17.7 Å². The first-order valence-corrected chi connectivity index (χ1v) is 10.0. The molecule has 0 aliphatic carbocycles. The molecule has 138 valence electrons. The molecule has 1 amide bonds. The lowest BCUT2D eigenvalue weighted by atomic mass is 9.98. The van der Waals surface area contributed by atoms with Crippen LogP contribution in [-0.2, 0) is 4.74 Å². The minimum absolute atomic E-state index is 0.0137. The highest BCUT2D eigenvalue weighted by Crippen LogP contribution is 2.26. The minimum atomic E-state index is -0.507. The highest BCUT2D eigenvalue weighted by Gasteiger charge is 2.14. The molecule has 1 heterocycles. The third kappa shape index (κ3) is 5.47. The first kappa shape index (κ1) is 19.2. The summed E-state index contributed by atoms with van der Waals surface area (Å²) in [7, 11) is 0. The van der Waals surface area contributed by atoms with Crippen LogP contribution in [0.15, 0.2) is 47.4 Å². The summed E-state index contributed by atoms with van der Waals surface area (Å²) >= 11 is 7.52. The third-order valence-electron chi connectivity index (χ3n) is 4.41. The summed E-state index contributed by atoms with van der Waals surface area (Å²) in [6.07, 6.45) is 3.45. The van der Waals surface area contributed by atoms with Crippen LogP contribution < -0.4 is 5.32 Å². The van der Waals surface area contributed by atoms with Crippen molar-refractivity contribution < 1.29 is 13.9 Å². The summed E-state index contributed by atoms with van der Waals surface area (Å²) in [6.45, 7) is 1.75. The molecule has 2 aromatic carbocycles. The molecular weight excluding hydrogens is 373 g/mol. The summed E-state index contributed by atoms with van der Waals surface area (Å²) < 4.78 is 18.6. The van der Waals surface area contributed by atoms with E-state index in [1.54, 1.807) is 17.8 Å². The summed E-state index contributed by atoms with van der Waals surface area (Å²) in [6, 6.07) is 11.7. The molecule has 2 aromatic rings. The van der Waals surface area contributed by atoms with Gasteiger partial charge in [0.2, 0.25) is 0 Å². The number of carbonyl (C=O) groups is 1. The fraction of sp³-hybridized carbons (Fsp3) is 0.350. The lowest BCUT2D eigenvalue weighted by molar-refractivity contribution is 0.0657. The van der Waals surface area contributed by atoms with Gasteiger partial charge in [-0.3, -0.25) is 4.79 Å². The third-order valence-corrected chi connectivity index (χ3v) is 5.73. The van der Waals surface area contributed by atoms with E-state index in [1.165, 1.54) is 24.6 Å². The monoisotopic (exact) mass is 393 g/mol. The number of amides is 1. The predicted octanol–water partition coefficient (Wildman–Crippen LogP) is 5.64. The predicted molar refractivity (Wildman–Crippen MR) is 105 cm³/mol. The highest BCUT2D eigenvalue weighted by molar-refractivity contribution is 7.99. The fourth-order valence-electron chi connectivity index (χ4n) is 2.88. The number of rotatable bonds is 6. The summed E-state index contributed by atoms with van der Waals surface area (Å²) in [5.74, 6) is 1.03. The van der Waals surface area contributed by atoms with Crippen LogP contribution in [0.5, 0.6) is 0 Å². The van der Waals surface area contributed by atoms with E-state index in [9.17, 15) is 9.18 Å². The SMILES string of the molecule is O=C(Nc1ccc(F)c(Cl)c1)c1cccc(SCCC2CCOCC2)c1. The number of halogens is 2. The number of nitrogens with one attached hydrogen (secondary N) is 1. The molecule has 6 heteroatoms. The minimum Gasteiger partial charge on any atom is -0.381 e. The number of thioether (sulfide) groups is 1. The Balaban J connectivity index is 1.55. The van der Waals surface area contributed by atoms with E-state index in [0.29, 0.717) is 11.3 Å². The average molecular weight is 394 g/mol. The van der Waals surface area contributed by atoms with Gasteiger partial charge in [-0.05, 0) is 67.3 Å².